The Morgan fingerprint density at radius 2 is 1.68 bits per heavy atom. The Kier molecular flexibility index (Phi) is 6.31. The van der Waals surface area contributed by atoms with Crippen molar-refractivity contribution in [3.8, 4) is 0 Å². The predicted molar refractivity (Wildman–Crippen MR) is 120 cm³/mol. The number of H-pyrrole nitrogens is 1. The van der Waals surface area contributed by atoms with Gasteiger partial charge >= 0.3 is 11.8 Å². The monoisotopic (exact) mass is 418 g/mol. The van der Waals surface area contributed by atoms with E-state index < -0.39 is 11.8 Å². The Morgan fingerprint density at radius 3 is 2.52 bits per heavy atom. The average Bonchev–Trinajstić information content (AvgIpc) is 3.44. The van der Waals surface area contributed by atoms with Crippen LogP contribution in [0.1, 0.15) is 41.6 Å². The number of nitrogens with one attached hydrogen (secondary N) is 4. The quantitative estimate of drug-likeness (QED) is 0.463. The summed E-state index contributed by atoms with van der Waals surface area (Å²) in [6.07, 6.45) is 6.68. The SMILES string of the molecule is O=C(NCCc1c[nH]c2ccccc12)C(=O)Nc1ccccc1C(=O)NC1CCCC1. The number of aromatic nitrogens is 1. The molecule has 0 atom stereocenters. The van der Waals surface area contributed by atoms with Gasteiger partial charge in [0, 0.05) is 29.7 Å². The molecule has 0 saturated heterocycles. The first kappa shape index (κ1) is 20.7. The Hall–Kier alpha value is -3.61. The number of carbonyl (C=O) groups excluding carboxylic acids is 3. The number of hydrogen-bond acceptors (Lipinski definition) is 3. The maximum atomic E-state index is 12.6. The number of amides is 3. The zero-order valence-corrected chi connectivity index (χ0v) is 17.2. The van der Waals surface area contributed by atoms with Crippen molar-refractivity contribution in [1.29, 1.82) is 0 Å². The van der Waals surface area contributed by atoms with Gasteiger partial charge in [0.2, 0.25) is 0 Å². The highest BCUT2D eigenvalue weighted by Gasteiger charge is 2.21. The average molecular weight is 418 g/mol. The van der Waals surface area contributed by atoms with Crippen LogP contribution in [-0.2, 0) is 16.0 Å². The summed E-state index contributed by atoms with van der Waals surface area (Å²) in [6.45, 7) is 0.331. The topological polar surface area (TPSA) is 103 Å². The number of carbonyl (C=O) groups is 3. The van der Waals surface area contributed by atoms with Crippen molar-refractivity contribution in [1.82, 2.24) is 15.6 Å². The molecule has 1 fully saturated rings. The van der Waals surface area contributed by atoms with Gasteiger partial charge < -0.3 is 20.9 Å². The van der Waals surface area contributed by atoms with E-state index in [0.717, 1.165) is 42.1 Å². The van der Waals surface area contributed by atoms with Crippen LogP contribution in [0.3, 0.4) is 0 Å². The standard InChI is InChI=1S/C24H26N4O3/c29-22(27-17-7-1-2-8-17)19-10-4-6-12-21(19)28-24(31)23(30)25-14-13-16-15-26-20-11-5-3-9-18(16)20/h3-6,9-12,15,17,26H,1-2,7-8,13-14H2,(H,25,30)(H,27,29)(H,28,31). The summed E-state index contributed by atoms with van der Waals surface area (Å²) in [4.78, 5) is 40.5. The van der Waals surface area contributed by atoms with Gasteiger partial charge in [0.05, 0.1) is 11.3 Å². The van der Waals surface area contributed by atoms with Crippen molar-refractivity contribution in [2.75, 3.05) is 11.9 Å². The third kappa shape index (κ3) is 4.94. The third-order valence-electron chi connectivity index (χ3n) is 5.67. The molecule has 31 heavy (non-hydrogen) atoms. The highest BCUT2D eigenvalue weighted by Crippen LogP contribution is 2.20. The van der Waals surface area contributed by atoms with Gasteiger partial charge in [0.25, 0.3) is 5.91 Å². The third-order valence-corrected chi connectivity index (χ3v) is 5.67. The second-order valence-electron chi connectivity index (χ2n) is 7.82. The molecule has 0 spiro atoms. The molecule has 1 aliphatic carbocycles. The van der Waals surface area contributed by atoms with Crippen LogP contribution in [0.4, 0.5) is 5.69 Å². The first-order valence-corrected chi connectivity index (χ1v) is 10.7. The van der Waals surface area contributed by atoms with Gasteiger partial charge in [-0.25, -0.2) is 0 Å². The van der Waals surface area contributed by atoms with Crippen LogP contribution in [0.5, 0.6) is 0 Å². The molecule has 3 amide bonds. The molecule has 3 aromatic rings. The molecule has 1 aromatic heterocycles. The van der Waals surface area contributed by atoms with Gasteiger partial charge in [-0.2, -0.15) is 0 Å². The Morgan fingerprint density at radius 1 is 0.935 bits per heavy atom. The molecule has 4 rings (SSSR count). The lowest BCUT2D eigenvalue weighted by Gasteiger charge is -2.15. The van der Waals surface area contributed by atoms with Gasteiger partial charge in [-0.15, -0.1) is 0 Å². The van der Waals surface area contributed by atoms with Crippen LogP contribution in [0.2, 0.25) is 0 Å². The Balaban J connectivity index is 1.32. The van der Waals surface area contributed by atoms with E-state index in [1.807, 2.05) is 30.5 Å². The van der Waals surface area contributed by atoms with E-state index >= 15 is 0 Å². The normalized spacial score (nSPS) is 13.8. The van der Waals surface area contributed by atoms with Crippen LogP contribution >= 0.6 is 0 Å². The molecule has 2 aromatic carbocycles. The number of benzene rings is 2. The van der Waals surface area contributed by atoms with Gasteiger partial charge in [0.1, 0.15) is 0 Å². The van der Waals surface area contributed by atoms with E-state index in [4.69, 9.17) is 0 Å². The molecular weight excluding hydrogens is 392 g/mol. The smallest absolute Gasteiger partial charge is 0.313 e. The van der Waals surface area contributed by atoms with Crippen molar-refractivity contribution in [2.24, 2.45) is 0 Å². The number of para-hydroxylation sites is 2. The molecule has 0 aliphatic heterocycles. The lowest BCUT2D eigenvalue weighted by atomic mass is 10.1. The van der Waals surface area contributed by atoms with Gasteiger partial charge in [-0.05, 0) is 43.0 Å². The minimum Gasteiger partial charge on any atom is -0.361 e. The molecule has 1 aliphatic rings. The Labute approximate surface area is 180 Å². The highest BCUT2D eigenvalue weighted by molar-refractivity contribution is 6.40. The van der Waals surface area contributed by atoms with Crippen molar-refractivity contribution in [3.63, 3.8) is 0 Å². The predicted octanol–water partition coefficient (Wildman–Crippen LogP) is 3.14. The number of anilines is 1. The van der Waals surface area contributed by atoms with Crippen LogP contribution in [0, 0.1) is 0 Å². The summed E-state index contributed by atoms with van der Waals surface area (Å²) in [6, 6.07) is 14.8. The van der Waals surface area contributed by atoms with Crippen molar-refractivity contribution in [2.45, 2.75) is 38.1 Å². The summed E-state index contributed by atoms with van der Waals surface area (Å²) in [5.41, 5.74) is 2.79. The molecule has 1 heterocycles. The number of hydrogen-bond donors (Lipinski definition) is 4. The molecule has 7 nitrogen and oxygen atoms in total. The molecule has 0 unspecified atom stereocenters. The molecule has 0 bridgehead atoms. The number of aromatic amines is 1. The van der Waals surface area contributed by atoms with E-state index in [0.29, 0.717) is 24.2 Å². The zero-order valence-electron chi connectivity index (χ0n) is 17.2. The van der Waals surface area contributed by atoms with E-state index in [1.165, 1.54) is 0 Å². The minimum absolute atomic E-state index is 0.170. The lowest BCUT2D eigenvalue weighted by Crippen LogP contribution is -2.37. The molecule has 160 valence electrons. The van der Waals surface area contributed by atoms with Gasteiger partial charge in [0.15, 0.2) is 0 Å². The van der Waals surface area contributed by atoms with Crippen molar-refractivity contribution < 1.29 is 14.4 Å². The second kappa shape index (κ2) is 9.47. The summed E-state index contributed by atoms with van der Waals surface area (Å²) in [5, 5.41) is 9.33. The molecule has 0 radical (unpaired) electrons. The minimum atomic E-state index is -0.792. The second-order valence-corrected chi connectivity index (χ2v) is 7.82. The fourth-order valence-corrected chi connectivity index (χ4v) is 4.03. The summed E-state index contributed by atoms with van der Waals surface area (Å²) >= 11 is 0. The molecular formula is C24H26N4O3. The Bertz CT molecular complexity index is 1100. The number of rotatable bonds is 6. The first-order valence-electron chi connectivity index (χ1n) is 10.7. The lowest BCUT2D eigenvalue weighted by molar-refractivity contribution is -0.136. The fourth-order valence-electron chi connectivity index (χ4n) is 4.03. The highest BCUT2D eigenvalue weighted by atomic mass is 16.2. The van der Waals surface area contributed by atoms with Gasteiger partial charge in [-0.3, -0.25) is 14.4 Å². The van der Waals surface area contributed by atoms with Crippen molar-refractivity contribution in [3.05, 3.63) is 65.9 Å². The van der Waals surface area contributed by atoms with E-state index in [9.17, 15) is 14.4 Å². The first-order chi connectivity index (χ1) is 15.1. The number of fused-ring (bicyclic) bond motifs is 1. The summed E-state index contributed by atoms with van der Waals surface area (Å²) in [7, 11) is 0. The summed E-state index contributed by atoms with van der Waals surface area (Å²) < 4.78 is 0. The molecule has 4 N–H and O–H groups in total. The molecule has 7 heteroatoms. The van der Waals surface area contributed by atoms with E-state index in [2.05, 4.69) is 20.9 Å². The van der Waals surface area contributed by atoms with E-state index in [-0.39, 0.29) is 11.9 Å². The van der Waals surface area contributed by atoms with Crippen LogP contribution in [0.15, 0.2) is 54.7 Å². The van der Waals surface area contributed by atoms with Crippen LogP contribution in [0.25, 0.3) is 10.9 Å². The van der Waals surface area contributed by atoms with E-state index in [1.54, 1.807) is 24.3 Å². The van der Waals surface area contributed by atoms with Gasteiger partial charge in [-0.1, -0.05) is 43.2 Å². The van der Waals surface area contributed by atoms with Crippen LogP contribution < -0.4 is 16.0 Å². The van der Waals surface area contributed by atoms with Crippen molar-refractivity contribution >= 4 is 34.3 Å². The largest absolute Gasteiger partial charge is 0.361 e. The maximum Gasteiger partial charge on any atom is 0.313 e. The van der Waals surface area contributed by atoms with Crippen LogP contribution in [-0.4, -0.2) is 35.3 Å². The maximum absolute atomic E-state index is 12.6. The molecule has 1 saturated carbocycles. The fraction of sp³-hybridized carbons (Fsp3) is 0.292. The summed E-state index contributed by atoms with van der Waals surface area (Å²) in [5.74, 6) is -1.76. The zero-order chi connectivity index (χ0) is 21.6.